The summed E-state index contributed by atoms with van der Waals surface area (Å²) >= 11 is 4.33. The van der Waals surface area contributed by atoms with Gasteiger partial charge in [0, 0.05) is 23.0 Å². The molecule has 2 fully saturated rings. The van der Waals surface area contributed by atoms with Crippen molar-refractivity contribution in [2.45, 2.75) is 49.5 Å². The van der Waals surface area contributed by atoms with Crippen molar-refractivity contribution < 1.29 is 4.79 Å². The molecule has 1 aromatic rings. The predicted molar refractivity (Wildman–Crippen MR) is 79.7 cm³/mol. The van der Waals surface area contributed by atoms with Gasteiger partial charge in [-0.25, -0.2) is 0 Å². The molecule has 1 saturated heterocycles. The van der Waals surface area contributed by atoms with Crippen LogP contribution in [-0.2, 0) is 0 Å². The van der Waals surface area contributed by atoms with Gasteiger partial charge in [-0.05, 0) is 49.8 Å². The van der Waals surface area contributed by atoms with E-state index in [1.807, 2.05) is 24.3 Å². The van der Waals surface area contributed by atoms with Crippen LogP contribution in [0.25, 0.3) is 0 Å². The van der Waals surface area contributed by atoms with Crippen molar-refractivity contribution in [3.05, 3.63) is 29.8 Å². The number of fused-ring (bicyclic) bond motifs is 1. The molecule has 0 aromatic heterocycles. The van der Waals surface area contributed by atoms with E-state index >= 15 is 0 Å². The zero-order valence-corrected chi connectivity index (χ0v) is 12.1. The third-order valence-corrected chi connectivity index (χ3v) is 4.88. The van der Waals surface area contributed by atoms with Gasteiger partial charge in [-0.15, -0.1) is 12.6 Å². The number of carbonyl (C=O) groups excluding carboxylic acids is 1. The molecule has 2 unspecified atom stereocenters. The van der Waals surface area contributed by atoms with E-state index < -0.39 is 0 Å². The van der Waals surface area contributed by atoms with Gasteiger partial charge in [-0.2, -0.15) is 0 Å². The van der Waals surface area contributed by atoms with Crippen LogP contribution in [0.5, 0.6) is 0 Å². The van der Waals surface area contributed by atoms with Gasteiger partial charge in [0.05, 0.1) is 0 Å². The Morgan fingerprint density at radius 2 is 1.95 bits per heavy atom. The molecular weight excluding hydrogens is 254 g/mol. The maximum atomic E-state index is 12.7. The number of amides is 1. The molecule has 1 heterocycles. The topological polar surface area (TPSA) is 20.3 Å². The molecule has 1 amide bonds. The molecule has 0 radical (unpaired) electrons. The fourth-order valence-corrected chi connectivity index (χ4v) is 3.91. The second-order valence-corrected chi connectivity index (χ2v) is 6.32. The van der Waals surface area contributed by atoms with Crippen LogP contribution in [0.3, 0.4) is 0 Å². The third kappa shape index (κ3) is 2.66. The van der Waals surface area contributed by atoms with E-state index in [9.17, 15) is 4.79 Å². The molecule has 0 N–H and O–H groups in total. The quantitative estimate of drug-likeness (QED) is 0.774. The van der Waals surface area contributed by atoms with Gasteiger partial charge in [0.1, 0.15) is 0 Å². The number of hydrogen-bond acceptors (Lipinski definition) is 2. The number of thiol groups is 1. The Balaban J connectivity index is 1.82. The van der Waals surface area contributed by atoms with Crippen LogP contribution in [-0.4, -0.2) is 23.4 Å². The average Bonchev–Trinajstić information content (AvgIpc) is 2.46. The summed E-state index contributed by atoms with van der Waals surface area (Å²) in [6.45, 7) is 0.927. The number of hydrogen-bond donors (Lipinski definition) is 1. The molecule has 1 aliphatic heterocycles. The van der Waals surface area contributed by atoms with Crippen LogP contribution in [0.1, 0.15) is 48.9 Å². The highest BCUT2D eigenvalue weighted by Crippen LogP contribution is 2.35. The lowest BCUT2D eigenvalue weighted by Gasteiger charge is -2.44. The monoisotopic (exact) mass is 275 g/mol. The molecule has 1 saturated carbocycles. The first-order valence-electron chi connectivity index (χ1n) is 7.36. The SMILES string of the molecule is O=C(c1cccc(S)c1)N1CCCC2CCCCC21. The van der Waals surface area contributed by atoms with Crippen molar-refractivity contribution in [1.82, 2.24) is 4.90 Å². The highest BCUT2D eigenvalue weighted by Gasteiger charge is 2.35. The van der Waals surface area contributed by atoms with Gasteiger partial charge in [-0.1, -0.05) is 18.9 Å². The minimum Gasteiger partial charge on any atom is -0.335 e. The Bertz CT molecular complexity index is 472. The molecule has 2 atom stereocenters. The van der Waals surface area contributed by atoms with E-state index in [4.69, 9.17) is 0 Å². The average molecular weight is 275 g/mol. The Kier molecular flexibility index (Phi) is 3.83. The van der Waals surface area contributed by atoms with E-state index in [2.05, 4.69) is 17.5 Å². The molecule has 0 bridgehead atoms. The van der Waals surface area contributed by atoms with Crippen LogP contribution in [0.15, 0.2) is 29.2 Å². The highest BCUT2D eigenvalue weighted by molar-refractivity contribution is 7.80. The Hall–Kier alpha value is -0.960. The van der Waals surface area contributed by atoms with Crippen molar-refractivity contribution in [3.8, 4) is 0 Å². The first-order chi connectivity index (χ1) is 9.25. The summed E-state index contributed by atoms with van der Waals surface area (Å²) in [5.74, 6) is 0.943. The van der Waals surface area contributed by atoms with Gasteiger partial charge >= 0.3 is 0 Å². The van der Waals surface area contributed by atoms with Crippen LogP contribution < -0.4 is 0 Å². The number of likely N-dealkylation sites (tertiary alicyclic amines) is 1. The second kappa shape index (κ2) is 5.58. The number of benzene rings is 1. The second-order valence-electron chi connectivity index (χ2n) is 5.80. The fourth-order valence-electron chi connectivity index (χ4n) is 3.68. The molecule has 0 spiro atoms. The molecule has 102 valence electrons. The third-order valence-electron chi connectivity index (χ3n) is 4.60. The number of piperidine rings is 1. The van der Waals surface area contributed by atoms with Gasteiger partial charge < -0.3 is 4.90 Å². The lowest BCUT2D eigenvalue weighted by Crippen LogP contribution is -2.49. The molecular formula is C16H21NOS. The maximum absolute atomic E-state index is 12.7. The van der Waals surface area contributed by atoms with Gasteiger partial charge in [0.25, 0.3) is 5.91 Å². The molecule has 2 nitrogen and oxygen atoms in total. The standard InChI is InChI=1S/C16H21NOS/c18-16(13-6-3-8-14(19)11-13)17-10-4-7-12-5-1-2-9-15(12)17/h3,6,8,11-12,15,19H,1-2,4-5,7,9-10H2. The Morgan fingerprint density at radius 1 is 1.16 bits per heavy atom. The summed E-state index contributed by atoms with van der Waals surface area (Å²) in [6.07, 6.45) is 7.58. The van der Waals surface area contributed by atoms with Crippen LogP contribution in [0.2, 0.25) is 0 Å². The molecule has 3 heteroatoms. The van der Waals surface area contributed by atoms with Crippen molar-refractivity contribution >= 4 is 18.5 Å². The number of nitrogens with zero attached hydrogens (tertiary/aromatic N) is 1. The fraction of sp³-hybridized carbons (Fsp3) is 0.562. The van der Waals surface area contributed by atoms with Gasteiger partial charge in [-0.3, -0.25) is 4.79 Å². The molecule has 1 aromatic carbocycles. The lowest BCUT2D eigenvalue weighted by molar-refractivity contribution is 0.0390. The van der Waals surface area contributed by atoms with E-state index in [0.717, 1.165) is 29.3 Å². The first-order valence-corrected chi connectivity index (χ1v) is 7.80. The minimum atomic E-state index is 0.201. The van der Waals surface area contributed by atoms with Crippen LogP contribution in [0, 0.1) is 5.92 Å². The largest absolute Gasteiger partial charge is 0.335 e. The highest BCUT2D eigenvalue weighted by atomic mass is 32.1. The van der Waals surface area contributed by atoms with Crippen molar-refractivity contribution in [3.63, 3.8) is 0 Å². The smallest absolute Gasteiger partial charge is 0.254 e. The number of rotatable bonds is 1. The molecule has 1 aliphatic carbocycles. The van der Waals surface area contributed by atoms with Crippen LogP contribution >= 0.6 is 12.6 Å². The lowest BCUT2D eigenvalue weighted by atomic mass is 9.78. The molecule has 3 rings (SSSR count). The molecule has 2 aliphatic rings. The summed E-state index contributed by atoms with van der Waals surface area (Å²) in [7, 11) is 0. The van der Waals surface area contributed by atoms with Crippen molar-refractivity contribution in [2.75, 3.05) is 6.54 Å². The zero-order chi connectivity index (χ0) is 13.2. The van der Waals surface area contributed by atoms with E-state index in [1.165, 1.54) is 32.1 Å². The van der Waals surface area contributed by atoms with E-state index in [1.54, 1.807) is 0 Å². The molecule has 19 heavy (non-hydrogen) atoms. The summed E-state index contributed by atoms with van der Waals surface area (Å²) in [5.41, 5.74) is 0.790. The zero-order valence-electron chi connectivity index (χ0n) is 11.2. The van der Waals surface area contributed by atoms with Crippen molar-refractivity contribution in [1.29, 1.82) is 0 Å². The summed E-state index contributed by atoms with van der Waals surface area (Å²) < 4.78 is 0. The minimum absolute atomic E-state index is 0.201. The Labute approximate surface area is 120 Å². The predicted octanol–water partition coefficient (Wildman–Crippen LogP) is 3.77. The first kappa shape index (κ1) is 13.0. The normalized spacial score (nSPS) is 26.9. The summed E-state index contributed by atoms with van der Waals surface area (Å²) in [4.78, 5) is 15.7. The van der Waals surface area contributed by atoms with Gasteiger partial charge in [0.2, 0.25) is 0 Å². The summed E-state index contributed by atoms with van der Waals surface area (Å²) in [5, 5.41) is 0. The van der Waals surface area contributed by atoms with E-state index in [-0.39, 0.29) is 5.91 Å². The Morgan fingerprint density at radius 3 is 2.79 bits per heavy atom. The number of carbonyl (C=O) groups is 1. The van der Waals surface area contributed by atoms with Gasteiger partial charge in [0.15, 0.2) is 0 Å². The van der Waals surface area contributed by atoms with Crippen molar-refractivity contribution in [2.24, 2.45) is 5.92 Å². The van der Waals surface area contributed by atoms with E-state index in [0.29, 0.717) is 6.04 Å². The summed E-state index contributed by atoms with van der Waals surface area (Å²) in [6, 6.07) is 8.11. The maximum Gasteiger partial charge on any atom is 0.254 e. The van der Waals surface area contributed by atoms with Crippen LogP contribution in [0.4, 0.5) is 0 Å².